The van der Waals surface area contributed by atoms with Crippen molar-refractivity contribution in [1.82, 2.24) is 4.90 Å². The molecule has 18 heavy (non-hydrogen) atoms. The van der Waals surface area contributed by atoms with Gasteiger partial charge < -0.3 is 0 Å². The average molecular weight is 265 g/mol. The molecule has 1 saturated carbocycles. The standard InChI is InChI=1S/C14H19NO2S/c1-18(16,17)10-14-12-8-15(9-13(12)14)7-11-5-3-2-4-6-11/h2-6,12-14H,7-10H2,1H3/t12-,13+,14?. The lowest BCUT2D eigenvalue weighted by Crippen LogP contribution is -2.25. The van der Waals surface area contributed by atoms with Crippen molar-refractivity contribution >= 4 is 9.84 Å². The highest BCUT2D eigenvalue weighted by Gasteiger charge is 2.56. The summed E-state index contributed by atoms with van der Waals surface area (Å²) in [4.78, 5) is 2.45. The van der Waals surface area contributed by atoms with Gasteiger partial charge in [-0.1, -0.05) is 30.3 Å². The normalized spacial score (nSPS) is 31.3. The van der Waals surface area contributed by atoms with Crippen LogP contribution >= 0.6 is 0 Å². The molecule has 3 atom stereocenters. The van der Waals surface area contributed by atoms with Crippen LogP contribution < -0.4 is 0 Å². The number of sulfone groups is 1. The molecule has 0 aromatic heterocycles. The number of nitrogens with zero attached hydrogens (tertiary/aromatic N) is 1. The minimum Gasteiger partial charge on any atom is -0.298 e. The van der Waals surface area contributed by atoms with E-state index in [0.717, 1.165) is 19.6 Å². The lowest BCUT2D eigenvalue weighted by Gasteiger charge is -2.19. The SMILES string of the molecule is CS(=O)(=O)CC1[C@H]2CN(Cc3ccccc3)C[C@@H]12. The molecule has 0 amide bonds. The van der Waals surface area contributed by atoms with Crippen LogP contribution in [0.3, 0.4) is 0 Å². The van der Waals surface area contributed by atoms with Gasteiger partial charge in [0.2, 0.25) is 0 Å². The molecule has 2 aliphatic rings. The van der Waals surface area contributed by atoms with Crippen molar-refractivity contribution in [1.29, 1.82) is 0 Å². The highest BCUT2D eigenvalue weighted by Crippen LogP contribution is 2.52. The van der Waals surface area contributed by atoms with E-state index < -0.39 is 9.84 Å². The van der Waals surface area contributed by atoms with Crippen LogP contribution in [0.1, 0.15) is 5.56 Å². The van der Waals surface area contributed by atoms with Gasteiger partial charge in [-0.25, -0.2) is 8.42 Å². The fourth-order valence-corrected chi connectivity index (χ4v) is 4.50. The maximum Gasteiger partial charge on any atom is 0.147 e. The molecular weight excluding hydrogens is 246 g/mol. The Kier molecular flexibility index (Phi) is 2.94. The molecule has 0 N–H and O–H groups in total. The molecule has 98 valence electrons. The number of benzene rings is 1. The Balaban J connectivity index is 1.52. The van der Waals surface area contributed by atoms with Crippen LogP contribution in [0.5, 0.6) is 0 Å². The average Bonchev–Trinajstić information content (AvgIpc) is 2.73. The van der Waals surface area contributed by atoms with Crippen LogP contribution in [0.25, 0.3) is 0 Å². The summed E-state index contributed by atoms with van der Waals surface area (Å²) in [5.74, 6) is 2.08. The minimum absolute atomic E-state index is 0.390. The predicted molar refractivity (Wildman–Crippen MR) is 71.9 cm³/mol. The van der Waals surface area contributed by atoms with E-state index in [4.69, 9.17) is 0 Å². The predicted octanol–water partition coefficient (Wildman–Crippen LogP) is 1.41. The lowest BCUT2D eigenvalue weighted by atomic mass is 10.2. The molecule has 0 radical (unpaired) electrons. The summed E-state index contributed by atoms with van der Waals surface area (Å²) in [5.41, 5.74) is 1.35. The fraction of sp³-hybridized carbons (Fsp3) is 0.571. The molecule has 1 aliphatic heterocycles. The third-order valence-electron chi connectivity index (χ3n) is 4.19. The first-order valence-electron chi connectivity index (χ1n) is 6.47. The third kappa shape index (κ3) is 2.59. The van der Waals surface area contributed by atoms with Crippen molar-refractivity contribution < 1.29 is 8.42 Å². The van der Waals surface area contributed by atoms with E-state index in [2.05, 4.69) is 29.2 Å². The number of rotatable bonds is 4. The minimum atomic E-state index is -2.80. The molecule has 0 bridgehead atoms. The van der Waals surface area contributed by atoms with Crippen LogP contribution in [-0.4, -0.2) is 38.4 Å². The monoisotopic (exact) mass is 265 g/mol. The van der Waals surface area contributed by atoms with Crippen molar-refractivity contribution in [3.05, 3.63) is 35.9 Å². The van der Waals surface area contributed by atoms with E-state index in [0.29, 0.717) is 23.5 Å². The van der Waals surface area contributed by atoms with Crippen molar-refractivity contribution in [2.45, 2.75) is 6.54 Å². The Hall–Kier alpha value is -0.870. The van der Waals surface area contributed by atoms with Crippen LogP contribution in [0.4, 0.5) is 0 Å². The highest BCUT2D eigenvalue weighted by molar-refractivity contribution is 7.90. The smallest absolute Gasteiger partial charge is 0.147 e. The zero-order chi connectivity index (χ0) is 12.8. The first kappa shape index (κ1) is 12.2. The van der Waals surface area contributed by atoms with Gasteiger partial charge in [0.05, 0.1) is 5.75 Å². The van der Waals surface area contributed by atoms with E-state index in [-0.39, 0.29) is 0 Å². The molecular formula is C14H19NO2S. The van der Waals surface area contributed by atoms with Crippen LogP contribution in [-0.2, 0) is 16.4 Å². The number of piperidine rings is 1. The summed E-state index contributed by atoms with van der Waals surface area (Å²) in [6.07, 6.45) is 1.35. The summed E-state index contributed by atoms with van der Waals surface area (Å²) in [5, 5.41) is 0. The van der Waals surface area contributed by atoms with E-state index in [1.54, 1.807) is 0 Å². The number of fused-ring (bicyclic) bond motifs is 1. The van der Waals surface area contributed by atoms with E-state index in [9.17, 15) is 8.42 Å². The van der Waals surface area contributed by atoms with Gasteiger partial charge in [-0.15, -0.1) is 0 Å². The zero-order valence-electron chi connectivity index (χ0n) is 10.6. The largest absolute Gasteiger partial charge is 0.298 e. The Morgan fingerprint density at radius 2 is 1.78 bits per heavy atom. The van der Waals surface area contributed by atoms with Gasteiger partial charge in [0.15, 0.2) is 0 Å². The number of hydrogen-bond donors (Lipinski definition) is 0. The maximum absolute atomic E-state index is 11.3. The molecule has 1 heterocycles. The summed E-state index contributed by atoms with van der Waals surface area (Å²) >= 11 is 0. The molecule has 3 rings (SSSR count). The van der Waals surface area contributed by atoms with Gasteiger partial charge in [0.1, 0.15) is 9.84 Å². The molecule has 4 heteroatoms. The summed E-state index contributed by atoms with van der Waals surface area (Å²) < 4.78 is 22.5. The van der Waals surface area contributed by atoms with Crippen LogP contribution in [0.15, 0.2) is 30.3 Å². The molecule has 1 unspecified atom stereocenters. The van der Waals surface area contributed by atoms with Crippen molar-refractivity contribution in [2.24, 2.45) is 17.8 Å². The first-order chi connectivity index (χ1) is 8.53. The summed E-state index contributed by atoms with van der Waals surface area (Å²) in [6, 6.07) is 10.5. The Bertz CT molecular complexity index is 514. The highest BCUT2D eigenvalue weighted by atomic mass is 32.2. The van der Waals surface area contributed by atoms with Crippen LogP contribution in [0.2, 0.25) is 0 Å². The van der Waals surface area contributed by atoms with Crippen molar-refractivity contribution in [3.8, 4) is 0 Å². The van der Waals surface area contributed by atoms with Gasteiger partial charge in [-0.05, 0) is 23.3 Å². The summed E-state index contributed by atoms with van der Waals surface area (Å²) in [7, 11) is -2.80. The molecule has 2 fully saturated rings. The van der Waals surface area contributed by atoms with Gasteiger partial charge in [0.25, 0.3) is 0 Å². The second-order valence-electron chi connectivity index (χ2n) is 5.76. The molecule has 3 nitrogen and oxygen atoms in total. The second-order valence-corrected chi connectivity index (χ2v) is 7.95. The second kappa shape index (κ2) is 4.35. The quantitative estimate of drug-likeness (QED) is 0.826. The summed E-state index contributed by atoms with van der Waals surface area (Å²) in [6.45, 7) is 3.14. The van der Waals surface area contributed by atoms with Gasteiger partial charge in [0, 0.05) is 25.9 Å². The van der Waals surface area contributed by atoms with Gasteiger partial charge in [-0.2, -0.15) is 0 Å². The van der Waals surface area contributed by atoms with Crippen LogP contribution in [0, 0.1) is 17.8 Å². The zero-order valence-corrected chi connectivity index (χ0v) is 11.4. The van der Waals surface area contributed by atoms with Crippen molar-refractivity contribution in [2.75, 3.05) is 25.1 Å². The van der Waals surface area contributed by atoms with E-state index in [1.807, 2.05) is 6.07 Å². The van der Waals surface area contributed by atoms with Gasteiger partial charge >= 0.3 is 0 Å². The Morgan fingerprint density at radius 1 is 1.17 bits per heavy atom. The van der Waals surface area contributed by atoms with Gasteiger partial charge in [-0.3, -0.25) is 4.90 Å². The number of likely N-dealkylation sites (tertiary alicyclic amines) is 1. The fourth-order valence-electron chi connectivity index (χ4n) is 3.30. The molecule has 1 aromatic rings. The van der Waals surface area contributed by atoms with Crippen molar-refractivity contribution in [3.63, 3.8) is 0 Å². The first-order valence-corrected chi connectivity index (χ1v) is 8.53. The van der Waals surface area contributed by atoms with E-state index >= 15 is 0 Å². The maximum atomic E-state index is 11.3. The molecule has 1 saturated heterocycles. The topological polar surface area (TPSA) is 37.4 Å². The number of hydrogen-bond acceptors (Lipinski definition) is 3. The molecule has 1 aromatic carbocycles. The van der Waals surface area contributed by atoms with E-state index in [1.165, 1.54) is 11.8 Å². The lowest BCUT2D eigenvalue weighted by molar-refractivity contribution is 0.282. The Labute approximate surface area is 109 Å². The Morgan fingerprint density at radius 3 is 2.33 bits per heavy atom. The third-order valence-corrected chi connectivity index (χ3v) is 5.18. The molecule has 0 spiro atoms. The molecule has 1 aliphatic carbocycles.